The highest BCUT2D eigenvalue weighted by atomic mass is 14.8. The minimum Gasteiger partial charge on any atom is -0.317 e. The van der Waals surface area contributed by atoms with E-state index in [4.69, 9.17) is 0 Å². The van der Waals surface area contributed by atoms with Crippen molar-refractivity contribution in [2.45, 2.75) is 265 Å². The number of rotatable bonds is 43. The van der Waals surface area contributed by atoms with E-state index in [0.29, 0.717) is 0 Å². The van der Waals surface area contributed by atoms with Crippen molar-refractivity contribution < 1.29 is 0 Å². The molecule has 0 aliphatic carbocycles. The summed E-state index contributed by atoms with van der Waals surface area (Å²) in [5.41, 5.74) is 3.09. The van der Waals surface area contributed by atoms with Gasteiger partial charge in [-0.1, -0.05) is 238 Å². The number of allylic oxidation sites excluding steroid dienone is 2. The third-order valence-electron chi connectivity index (χ3n) is 11.5. The summed E-state index contributed by atoms with van der Waals surface area (Å²) in [6.07, 6.45) is 51.6. The molecule has 1 nitrogen and oxygen atoms in total. The Morgan fingerprint density at radius 2 is 0.640 bits per heavy atom. The van der Waals surface area contributed by atoms with E-state index in [1.807, 2.05) is 0 Å². The van der Waals surface area contributed by atoms with Crippen LogP contribution in [0.4, 0.5) is 0 Å². The molecular weight excluding hydrogens is 603 g/mol. The zero-order valence-electron chi connectivity index (χ0n) is 35.6. The molecule has 0 aromatic carbocycles. The first-order chi connectivity index (χ1) is 24.6. The second kappa shape index (κ2) is 41.2. The maximum atomic E-state index is 4.56. The summed E-state index contributed by atoms with van der Waals surface area (Å²) >= 11 is 0. The summed E-state index contributed by atoms with van der Waals surface area (Å²) in [6.45, 7) is 20.8. The summed E-state index contributed by atoms with van der Waals surface area (Å²) in [5.74, 6) is 1.80. The predicted octanol–water partition coefficient (Wildman–Crippen LogP) is 17.4. The first-order valence-electron chi connectivity index (χ1n) is 23.6. The highest BCUT2D eigenvalue weighted by molar-refractivity contribution is 4.96. The second-order valence-corrected chi connectivity index (χ2v) is 16.9. The lowest BCUT2D eigenvalue weighted by atomic mass is 9.87. The maximum absolute atomic E-state index is 4.56. The molecule has 0 saturated carbocycles. The Morgan fingerprint density at radius 1 is 0.340 bits per heavy atom. The van der Waals surface area contributed by atoms with Crippen molar-refractivity contribution in [2.75, 3.05) is 13.1 Å². The standard InChI is InChI=1S/C49H97N/c1-7-11-14-17-24-31-39-48(36-10-4)44-46(5)37-29-22-20-27-34-42-50-43-35-28-21-23-30-38-47(6)45-49(40-32-25-18-15-12-8-2)41-33-26-19-16-13-9-3/h48-50H,5-45H2,1-4H3. The van der Waals surface area contributed by atoms with Gasteiger partial charge in [-0.25, -0.2) is 0 Å². The molecule has 0 amide bonds. The third kappa shape index (κ3) is 37.2. The van der Waals surface area contributed by atoms with Crippen LogP contribution in [0.5, 0.6) is 0 Å². The average molecular weight is 700 g/mol. The molecule has 298 valence electrons. The van der Waals surface area contributed by atoms with Gasteiger partial charge in [0.1, 0.15) is 0 Å². The first kappa shape index (κ1) is 49.4. The monoisotopic (exact) mass is 700 g/mol. The summed E-state index contributed by atoms with van der Waals surface area (Å²) in [5, 5.41) is 3.72. The molecule has 0 radical (unpaired) electrons. The number of hydrogen-bond acceptors (Lipinski definition) is 1. The van der Waals surface area contributed by atoms with Gasteiger partial charge in [0.2, 0.25) is 0 Å². The molecule has 0 heterocycles. The Labute approximate surface area is 318 Å². The minimum atomic E-state index is 0.895. The van der Waals surface area contributed by atoms with E-state index < -0.39 is 0 Å². The van der Waals surface area contributed by atoms with Crippen molar-refractivity contribution in [3.8, 4) is 0 Å². The van der Waals surface area contributed by atoms with E-state index in [1.54, 1.807) is 5.57 Å². The molecule has 1 N–H and O–H groups in total. The molecule has 0 rings (SSSR count). The Kier molecular flexibility index (Phi) is 40.7. The van der Waals surface area contributed by atoms with E-state index in [1.165, 1.54) is 256 Å². The fraction of sp³-hybridized carbons (Fsp3) is 0.918. The average Bonchev–Trinajstić information content (AvgIpc) is 3.10. The van der Waals surface area contributed by atoms with Crippen molar-refractivity contribution >= 4 is 0 Å². The lowest BCUT2D eigenvalue weighted by Gasteiger charge is -2.19. The molecule has 1 heteroatoms. The molecule has 0 saturated heterocycles. The molecule has 0 aliphatic heterocycles. The van der Waals surface area contributed by atoms with E-state index in [-0.39, 0.29) is 0 Å². The van der Waals surface area contributed by atoms with Crippen LogP contribution in [0.1, 0.15) is 265 Å². The molecule has 0 spiro atoms. The van der Waals surface area contributed by atoms with Crippen LogP contribution in [-0.2, 0) is 0 Å². The molecule has 0 bridgehead atoms. The van der Waals surface area contributed by atoms with Crippen LogP contribution in [-0.4, -0.2) is 13.1 Å². The summed E-state index contributed by atoms with van der Waals surface area (Å²) in [7, 11) is 0. The molecule has 1 atom stereocenters. The topological polar surface area (TPSA) is 12.0 Å². The van der Waals surface area contributed by atoms with Gasteiger partial charge in [0.25, 0.3) is 0 Å². The maximum Gasteiger partial charge on any atom is -0.00489 e. The van der Waals surface area contributed by atoms with E-state index in [0.717, 1.165) is 11.8 Å². The van der Waals surface area contributed by atoms with E-state index in [9.17, 15) is 0 Å². The summed E-state index contributed by atoms with van der Waals surface area (Å²) in [4.78, 5) is 0. The van der Waals surface area contributed by atoms with Crippen molar-refractivity contribution in [3.05, 3.63) is 24.3 Å². The minimum absolute atomic E-state index is 0.895. The third-order valence-corrected chi connectivity index (χ3v) is 11.5. The zero-order chi connectivity index (χ0) is 36.6. The van der Waals surface area contributed by atoms with Crippen LogP contribution in [0.15, 0.2) is 24.3 Å². The van der Waals surface area contributed by atoms with Crippen molar-refractivity contribution in [1.29, 1.82) is 0 Å². The van der Waals surface area contributed by atoms with E-state index in [2.05, 4.69) is 46.2 Å². The molecule has 1 unspecified atom stereocenters. The van der Waals surface area contributed by atoms with Gasteiger partial charge >= 0.3 is 0 Å². The van der Waals surface area contributed by atoms with Crippen LogP contribution in [0.3, 0.4) is 0 Å². The Hall–Kier alpha value is -0.560. The highest BCUT2D eigenvalue weighted by Crippen LogP contribution is 2.28. The van der Waals surface area contributed by atoms with Gasteiger partial charge in [-0.3, -0.25) is 0 Å². The molecular formula is C49H97N. The van der Waals surface area contributed by atoms with Crippen molar-refractivity contribution in [2.24, 2.45) is 11.8 Å². The molecule has 0 aliphatic rings. The van der Waals surface area contributed by atoms with Gasteiger partial charge in [0.15, 0.2) is 0 Å². The van der Waals surface area contributed by atoms with Crippen LogP contribution in [0.2, 0.25) is 0 Å². The van der Waals surface area contributed by atoms with Crippen LogP contribution >= 0.6 is 0 Å². The first-order valence-corrected chi connectivity index (χ1v) is 23.6. The van der Waals surface area contributed by atoms with Gasteiger partial charge in [0, 0.05) is 0 Å². The molecule has 0 aromatic heterocycles. The number of unbranched alkanes of at least 4 members (excludes halogenated alkanes) is 23. The normalized spacial score (nSPS) is 12.3. The lowest BCUT2D eigenvalue weighted by molar-refractivity contribution is 0.396. The SMILES string of the molecule is C=C(CCCCCCCNCCCCCCCC(=C)CC(CCCCCCCC)CCCCCCCC)CC(CCC)CCCCCCCC. The van der Waals surface area contributed by atoms with Crippen molar-refractivity contribution in [3.63, 3.8) is 0 Å². The van der Waals surface area contributed by atoms with Crippen LogP contribution in [0.25, 0.3) is 0 Å². The smallest absolute Gasteiger partial charge is 0.00489 e. The van der Waals surface area contributed by atoms with Gasteiger partial charge in [0.05, 0.1) is 0 Å². The molecule has 0 aromatic rings. The van der Waals surface area contributed by atoms with Crippen molar-refractivity contribution in [1.82, 2.24) is 5.32 Å². The Morgan fingerprint density at radius 3 is 1.00 bits per heavy atom. The summed E-state index contributed by atoms with van der Waals surface area (Å²) < 4.78 is 0. The number of hydrogen-bond donors (Lipinski definition) is 1. The predicted molar refractivity (Wildman–Crippen MR) is 232 cm³/mol. The van der Waals surface area contributed by atoms with Gasteiger partial charge in [-0.2, -0.15) is 0 Å². The van der Waals surface area contributed by atoms with Gasteiger partial charge in [-0.05, 0) is 76.3 Å². The Balaban J connectivity index is 3.77. The zero-order valence-corrected chi connectivity index (χ0v) is 35.6. The largest absolute Gasteiger partial charge is 0.317 e. The number of nitrogens with one attached hydrogen (secondary N) is 1. The fourth-order valence-corrected chi connectivity index (χ4v) is 8.20. The Bertz CT molecular complexity index is 663. The fourth-order valence-electron chi connectivity index (χ4n) is 8.20. The van der Waals surface area contributed by atoms with E-state index >= 15 is 0 Å². The lowest BCUT2D eigenvalue weighted by Crippen LogP contribution is -2.16. The van der Waals surface area contributed by atoms with Gasteiger partial charge < -0.3 is 5.32 Å². The highest BCUT2D eigenvalue weighted by Gasteiger charge is 2.12. The molecule has 0 fully saturated rings. The molecule has 50 heavy (non-hydrogen) atoms. The van der Waals surface area contributed by atoms with Crippen LogP contribution < -0.4 is 5.32 Å². The van der Waals surface area contributed by atoms with Crippen LogP contribution in [0, 0.1) is 11.8 Å². The quantitative estimate of drug-likeness (QED) is 0.0493. The second-order valence-electron chi connectivity index (χ2n) is 16.9. The summed E-state index contributed by atoms with van der Waals surface area (Å²) in [6, 6.07) is 0. The van der Waals surface area contributed by atoms with Gasteiger partial charge in [-0.15, -0.1) is 0 Å².